The molecule has 0 aliphatic rings. The Morgan fingerprint density at radius 2 is 1.61 bits per heavy atom. The van der Waals surface area contributed by atoms with E-state index in [1.165, 1.54) is 0 Å². The maximum atomic E-state index is 11.8. The maximum absolute atomic E-state index is 11.8. The largest absolute Gasteiger partial charge is 0.480 e. The summed E-state index contributed by atoms with van der Waals surface area (Å²) in [5.74, 6) is -0.984. The zero-order valence-electron chi connectivity index (χ0n) is 11.9. The van der Waals surface area contributed by atoms with Crippen molar-refractivity contribution in [2.75, 3.05) is 0 Å². The molecule has 106 valence electrons. The van der Waals surface area contributed by atoms with Gasteiger partial charge in [-0.3, -0.25) is 0 Å². The highest BCUT2D eigenvalue weighted by Crippen LogP contribution is 2.18. The van der Waals surface area contributed by atoms with Gasteiger partial charge in [0.25, 0.3) is 0 Å². The van der Waals surface area contributed by atoms with Gasteiger partial charge in [-0.1, -0.05) is 34.1 Å². The molecule has 0 saturated heterocycles. The fraction of sp³-hybridized carbons (Fsp3) is 0.846. The monoisotopic (exact) mass is 258 g/mol. The smallest absolute Gasteiger partial charge is 0.326 e. The quantitative estimate of drug-likeness (QED) is 0.626. The molecule has 0 heterocycles. The van der Waals surface area contributed by atoms with Crippen LogP contribution in [0.25, 0.3) is 0 Å². The van der Waals surface area contributed by atoms with E-state index in [4.69, 9.17) is 5.11 Å². The average molecular weight is 258 g/mol. The number of carboxylic acids is 1. The van der Waals surface area contributed by atoms with Crippen molar-refractivity contribution < 1.29 is 14.7 Å². The van der Waals surface area contributed by atoms with Crippen LogP contribution in [-0.2, 0) is 4.79 Å². The molecule has 3 N–H and O–H groups in total. The Hall–Kier alpha value is -1.26. The predicted octanol–water partition coefficient (Wildman–Crippen LogP) is 2.51. The number of hydrogen-bond donors (Lipinski definition) is 3. The molecule has 5 heteroatoms. The fourth-order valence-electron chi connectivity index (χ4n) is 2.00. The highest BCUT2D eigenvalue weighted by atomic mass is 16.4. The molecular formula is C13H26N2O3. The van der Waals surface area contributed by atoms with E-state index < -0.39 is 12.0 Å². The summed E-state index contributed by atoms with van der Waals surface area (Å²) < 4.78 is 0. The molecule has 2 amide bonds. The average Bonchev–Trinajstić information content (AvgIpc) is 2.35. The van der Waals surface area contributed by atoms with Crippen molar-refractivity contribution >= 4 is 12.0 Å². The standard InChI is InChI=1S/C13H26N2O3/c1-5-9-10(11(16)17)14-12(18)15-13(6-2,7-3)8-4/h10H,5-9H2,1-4H3,(H,16,17)(H2,14,15,18). The molecule has 0 fully saturated rings. The number of carbonyl (C=O) groups is 2. The summed E-state index contributed by atoms with van der Waals surface area (Å²) >= 11 is 0. The van der Waals surface area contributed by atoms with Crippen molar-refractivity contribution in [3.63, 3.8) is 0 Å². The van der Waals surface area contributed by atoms with Gasteiger partial charge in [0.1, 0.15) is 6.04 Å². The zero-order valence-corrected chi connectivity index (χ0v) is 11.9. The number of rotatable bonds is 8. The molecule has 5 nitrogen and oxygen atoms in total. The third-order valence-electron chi connectivity index (χ3n) is 3.59. The summed E-state index contributed by atoms with van der Waals surface area (Å²) in [6.45, 7) is 7.96. The van der Waals surface area contributed by atoms with Gasteiger partial charge in [-0.25, -0.2) is 9.59 Å². The third kappa shape index (κ3) is 4.94. The molecule has 0 saturated carbocycles. The lowest BCUT2D eigenvalue weighted by atomic mass is 9.90. The van der Waals surface area contributed by atoms with Crippen molar-refractivity contribution in [3.8, 4) is 0 Å². The first-order chi connectivity index (χ1) is 8.44. The number of urea groups is 1. The van der Waals surface area contributed by atoms with Crippen LogP contribution >= 0.6 is 0 Å². The molecule has 18 heavy (non-hydrogen) atoms. The van der Waals surface area contributed by atoms with Gasteiger partial charge in [-0.2, -0.15) is 0 Å². The van der Waals surface area contributed by atoms with Gasteiger partial charge >= 0.3 is 12.0 Å². The lowest BCUT2D eigenvalue weighted by molar-refractivity contribution is -0.139. The van der Waals surface area contributed by atoms with E-state index in [0.29, 0.717) is 6.42 Å². The highest BCUT2D eigenvalue weighted by Gasteiger charge is 2.27. The highest BCUT2D eigenvalue weighted by molar-refractivity contribution is 5.82. The zero-order chi connectivity index (χ0) is 14.2. The predicted molar refractivity (Wildman–Crippen MR) is 71.6 cm³/mol. The molecule has 0 aromatic heterocycles. The molecule has 0 rings (SSSR count). The first-order valence-corrected chi connectivity index (χ1v) is 6.76. The van der Waals surface area contributed by atoms with Crippen molar-refractivity contribution in [2.24, 2.45) is 0 Å². The van der Waals surface area contributed by atoms with Gasteiger partial charge in [0, 0.05) is 5.54 Å². The molecule has 0 bridgehead atoms. The molecule has 1 unspecified atom stereocenters. The van der Waals surface area contributed by atoms with Crippen molar-refractivity contribution in [1.82, 2.24) is 10.6 Å². The van der Waals surface area contributed by atoms with Gasteiger partial charge in [0.2, 0.25) is 0 Å². The van der Waals surface area contributed by atoms with E-state index in [1.807, 2.05) is 27.7 Å². The Bertz CT molecular complexity index is 267. The Morgan fingerprint density at radius 1 is 1.11 bits per heavy atom. The molecule has 0 aromatic carbocycles. The molecule has 0 spiro atoms. The summed E-state index contributed by atoms with van der Waals surface area (Å²) in [5, 5.41) is 14.4. The van der Waals surface area contributed by atoms with E-state index in [0.717, 1.165) is 25.7 Å². The Kier molecular flexibility index (Phi) is 7.39. The molecule has 0 aromatic rings. The molecular weight excluding hydrogens is 232 g/mol. The minimum atomic E-state index is -0.984. The second-order valence-corrected chi connectivity index (χ2v) is 4.62. The van der Waals surface area contributed by atoms with Crippen LogP contribution in [-0.4, -0.2) is 28.7 Å². The Balaban J connectivity index is 4.51. The van der Waals surface area contributed by atoms with Gasteiger partial charge in [0.15, 0.2) is 0 Å². The van der Waals surface area contributed by atoms with Gasteiger partial charge in [0.05, 0.1) is 0 Å². The van der Waals surface area contributed by atoms with Crippen LogP contribution in [0.4, 0.5) is 4.79 Å². The van der Waals surface area contributed by atoms with Crippen molar-refractivity contribution in [1.29, 1.82) is 0 Å². The summed E-state index contributed by atoms with van der Waals surface area (Å²) in [6.07, 6.45) is 3.66. The number of carboxylic acid groups (broad SMARTS) is 1. The number of aliphatic carboxylic acids is 1. The van der Waals surface area contributed by atoms with E-state index in [-0.39, 0.29) is 11.6 Å². The van der Waals surface area contributed by atoms with Gasteiger partial charge in [-0.05, 0) is 25.7 Å². The number of nitrogens with one attached hydrogen (secondary N) is 2. The first-order valence-electron chi connectivity index (χ1n) is 6.76. The summed E-state index contributed by atoms with van der Waals surface area (Å²) in [7, 11) is 0. The second kappa shape index (κ2) is 7.95. The minimum Gasteiger partial charge on any atom is -0.480 e. The summed E-state index contributed by atoms with van der Waals surface area (Å²) in [5.41, 5.74) is -0.237. The van der Waals surface area contributed by atoms with Crippen LogP contribution in [0.5, 0.6) is 0 Å². The number of hydrogen-bond acceptors (Lipinski definition) is 2. The van der Waals surface area contributed by atoms with E-state index in [9.17, 15) is 9.59 Å². The summed E-state index contributed by atoms with van der Waals surface area (Å²) in [4.78, 5) is 22.8. The topological polar surface area (TPSA) is 78.4 Å². The van der Waals surface area contributed by atoms with Crippen molar-refractivity contribution in [2.45, 2.75) is 71.4 Å². The maximum Gasteiger partial charge on any atom is 0.326 e. The third-order valence-corrected chi connectivity index (χ3v) is 3.59. The second-order valence-electron chi connectivity index (χ2n) is 4.62. The fourth-order valence-corrected chi connectivity index (χ4v) is 2.00. The van der Waals surface area contributed by atoms with Crippen LogP contribution in [0.2, 0.25) is 0 Å². The van der Waals surface area contributed by atoms with Crippen LogP contribution in [0.15, 0.2) is 0 Å². The lowest BCUT2D eigenvalue weighted by Crippen LogP contribution is -2.54. The molecule has 1 atom stereocenters. The minimum absolute atomic E-state index is 0.237. The van der Waals surface area contributed by atoms with E-state index >= 15 is 0 Å². The van der Waals surface area contributed by atoms with Crippen LogP contribution < -0.4 is 10.6 Å². The number of carbonyl (C=O) groups excluding carboxylic acids is 1. The number of amides is 2. The normalized spacial score (nSPS) is 12.9. The van der Waals surface area contributed by atoms with Gasteiger partial charge < -0.3 is 15.7 Å². The van der Waals surface area contributed by atoms with Crippen LogP contribution in [0.3, 0.4) is 0 Å². The molecule has 0 radical (unpaired) electrons. The van der Waals surface area contributed by atoms with E-state index in [1.54, 1.807) is 0 Å². The lowest BCUT2D eigenvalue weighted by Gasteiger charge is -2.32. The Morgan fingerprint density at radius 3 is 1.94 bits per heavy atom. The van der Waals surface area contributed by atoms with Crippen LogP contribution in [0, 0.1) is 0 Å². The van der Waals surface area contributed by atoms with Crippen LogP contribution in [0.1, 0.15) is 59.8 Å². The Labute approximate surface area is 109 Å². The molecule has 0 aliphatic carbocycles. The molecule has 0 aliphatic heterocycles. The SMILES string of the molecule is CCCC(NC(=O)NC(CC)(CC)CC)C(=O)O. The van der Waals surface area contributed by atoms with E-state index in [2.05, 4.69) is 10.6 Å². The summed E-state index contributed by atoms with van der Waals surface area (Å²) in [6, 6.07) is -1.19. The first kappa shape index (κ1) is 16.7. The van der Waals surface area contributed by atoms with Crippen molar-refractivity contribution in [3.05, 3.63) is 0 Å². The van der Waals surface area contributed by atoms with Gasteiger partial charge in [-0.15, -0.1) is 0 Å².